The van der Waals surface area contributed by atoms with Crippen molar-refractivity contribution in [1.29, 1.82) is 0 Å². The second-order valence-corrected chi connectivity index (χ2v) is 7.63. The lowest BCUT2D eigenvalue weighted by molar-refractivity contribution is 0.540. The van der Waals surface area contributed by atoms with Crippen LogP contribution in [0.25, 0.3) is 0 Å². The summed E-state index contributed by atoms with van der Waals surface area (Å²) in [6.07, 6.45) is 0. The SMILES string of the molecule is O=S(=O)(NCc1cccc(Br)c1)c1c(F)cc(F)cc1Br. The average Bonchev–Trinajstić information content (AvgIpc) is 2.35. The molecule has 21 heavy (non-hydrogen) atoms. The Morgan fingerprint density at radius 3 is 2.43 bits per heavy atom. The Kier molecular flexibility index (Phi) is 5.13. The topological polar surface area (TPSA) is 46.2 Å². The van der Waals surface area contributed by atoms with Gasteiger partial charge in [0.2, 0.25) is 10.0 Å². The molecule has 2 rings (SSSR count). The van der Waals surface area contributed by atoms with Gasteiger partial charge in [0.25, 0.3) is 0 Å². The lowest BCUT2D eigenvalue weighted by Crippen LogP contribution is -2.24. The largest absolute Gasteiger partial charge is 0.244 e. The Bertz CT molecular complexity index is 758. The summed E-state index contributed by atoms with van der Waals surface area (Å²) in [6, 6.07) is 8.44. The van der Waals surface area contributed by atoms with Crippen LogP contribution in [0.1, 0.15) is 5.56 Å². The number of nitrogens with one attached hydrogen (secondary N) is 1. The molecule has 0 atom stereocenters. The molecule has 8 heteroatoms. The summed E-state index contributed by atoms with van der Waals surface area (Å²) in [5, 5.41) is 0. The van der Waals surface area contributed by atoms with Crippen LogP contribution in [0.4, 0.5) is 8.78 Å². The molecule has 2 aromatic rings. The van der Waals surface area contributed by atoms with Crippen LogP contribution < -0.4 is 4.72 Å². The molecule has 0 spiro atoms. The molecule has 3 nitrogen and oxygen atoms in total. The van der Waals surface area contributed by atoms with E-state index in [4.69, 9.17) is 0 Å². The number of sulfonamides is 1. The average molecular weight is 441 g/mol. The Morgan fingerprint density at radius 1 is 1.10 bits per heavy atom. The highest BCUT2D eigenvalue weighted by Crippen LogP contribution is 2.26. The normalized spacial score (nSPS) is 11.6. The highest BCUT2D eigenvalue weighted by Gasteiger charge is 2.23. The van der Waals surface area contributed by atoms with E-state index in [9.17, 15) is 17.2 Å². The fourth-order valence-corrected chi connectivity index (χ4v) is 4.31. The number of halogens is 4. The molecule has 0 heterocycles. The first-order chi connectivity index (χ1) is 9.79. The van der Waals surface area contributed by atoms with Crippen molar-refractivity contribution in [2.75, 3.05) is 0 Å². The van der Waals surface area contributed by atoms with Gasteiger partial charge in [-0.05, 0) is 39.7 Å². The molecule has 0 unspecified atom stereocenters. The van der Waals surface area contributed by atoms with E-state index in [1.807, 2.05) is 0 Å². The van der Waals surface area contributed by atoms with Gasteiger partial charge in [-0.3, -0.25) is 0 Å². The van der Waals surface area contributed by atoms with Crippen LogP contribution in [0.2, 0.25) is 0 Å². The first kappa shape index (κ1) is 16.5. The summed E-state index contributed by atoms with van der Waals surface area (Å²) in [7, 11) is -4.10. The van der Waals surface area contributed by atoms with Crippen molar-refractivity contribution in [3.8, 4) is 0 Å². The highest BCUT2D eigenvalue weighted by atomic mass is 79.9. The zero-order valence-corrected chi connectivity index (χ0v) is 14.4. The third kappa shape index (κ3) is 4.09. The molecular formula is C13H9Br2F2NO2S. The zero-order valence-electron chi connectivity index (χ0n) is 10.4. The molecule has 0 aromatic heterocycles. The van der Waals surface area contributed by atoms with E-state index in [1.54, 1.807) is 24.3 Å². The van der Waals surface area contributed by atoms with E-state index in [-0.39, 0.29) is 11.0 Å². The van der Waals surface area contributed by atoms with Crippen molar-refractivity contribution in [3.05, 3.63) is 62.5 Å². The third-order valence-corrected chi connectivity index (χ3v) is 5.44. The van der Waals surface area contributed by atoms with Crippen molar-refractivity contribution in [1.82, 2.24) is 4.72 Å². The molecular weight excluding hydrogens is 432 g/mol. The van der Waals surface area contributed by atoms with Crippen molar-refractivity contribution < 1.29 is 17.2 Å². The van der Waals surface area contributed by atoms with Gasteiger partial charge in [0.15, 0.2) is 0 Å². The van der Waals surface area contributed by atoms with Gasteiger partial charge in [-0.15, -0.1) is 0 Å². The number of rotatable bonds is 4. The molecule has 1 N–H and O–H groups in total. The number of hydrogen-bond acceptors (Lipinski definition) is 2. The Morgan fingerprint density at radius 2 is 1.81 bits per heavy atom. The fourth-order valence-electron chi connectivity index (χ4n) is 1.68. The maximum absolute atomic E-state index is 13.7. The third-order valence-electron chi connectivity index (χ3n) is 2.59. The maximum atomic E-state index is 13.7. The Labute approximate surface area is 137 Å². The van der Waals surface area contributed by atoms with Crippen LogP contribution in [-0.4, -0.2) is 8.42 Å². The summed E-state index contributed by atoms with van der Waals surface area (Å²) >= 11 is 6.14. The molecule has 0 amide bonds. The Hall–Kier alpha value is -0.830. The van der Waals surface area contributed by atoms with E-state index in [2.05, 4.69) is 36.6 Å². The quantitative estimate of drug-likeness (QED) is 0.781. The molecule has 0 saturated heterocycles. The summed E-state index contributed by atoms with van der Waals surface area (Å²) in [4.78, 5) is -0.612. The van der Waals surface area contributed by atoms with E-state index in [0.29, 0.717) is 11.6 Å². The lowest BCUT2D eigenvalue weighted by atomic mass is 10.2. The molecule has 112 valence electrons. The van der Waals surface area contributed by atoms with Crippen LogP contribution in [0.15, 0.2) is 50.2 Å². The first-order valence-electron chi connectivity index (χ1n) is 5.68. The van der Waals surface area contributed by atoms with E-state index >= 15 is 0 Å². The predicted octanol–water partition coefficient (Wildman–Crippen LogP) is 3.97. The number of benzene rings is 2. The van der Waals surface area contributed by atoms with Gasteiger partial charge in [0, 0.05) is 21.6 Å². The fraction of sp³-hybridized carbons (Fsp3) is 0.0769. The molecule has 0 radical (unpaired) electrons. The Balaban J connectivity index is 2.27. The highest BCUT2D eigenvalue weighted by molar-refractivity contribution is 9.10. The molecule has 0 aliphatic heterocycles. The zero-order chi connectivity index (χ0) is 15.6. The van der Waals surface area contributed by atoms with Crippen molar-refractivity contribution in [2.24, 2.45) is 0 Å². The minimum absolute atomic E-state index is 0.00890. The lowest BCUT2D eigenvalue weighted by Gasteiger charge is -2.10. The molecule has 0 saturated carbocycles. The van der Waals surface area contributed by atoms with Crippen LogP contribution in [0, 0.1) is 11.6 Å². The summed E-state index contributed by atoms with van der Waals surface area (Å²) in [6.45, 7) is -0.00890. The maximum Gasteiger partial charge on any atom is 0.244 e. The van der Waals surface area contributed by atoms with Gasteiger partial charge in [0.1, 0.15) is 16.5 Å². The van der Waals surface area contributed by atoms with Gasteiger partial charge in [-0.2, -0.15) is 0 Å². The molecule has 0 bridgehead atoms. The summed E-state index contributed by atoms with van der Waals surface area (Å²) < 4.78 is 53.9. The van der Waals surface area contributed by atoms with E-state index in [1.165, 1.54) is 0 Å². The minimum Gasteiger partial charge on any atom is -0.207 e. The second-order valence-electron chi connectivity index (χ2n) is 4.15. The van der Waals surface area contributed by atoms with Crippen LogP contribution in [0.3, 0.4) is 0 Å². The van der Waals surface area contributed by atoms with Crippen molar-refractivity contribution >= 4 is 41.9 Å². The number of hydrogen-bond donors (Lipinski definition) is 1. The van der Waals surface area contributed by atoms with Gasteiger partial charge in [0.05, 0.1) is 0 Å². The first-order valence-corrected chi connectivity index (χ1v) is 8.75. The van der Waals surface area contributed by atoms with Gasteiger partial charge < -0.3 is 0 Å². The summed E-state index contributed by atoms with van der Waals surface area (Å²) in [5.41, 5.74) is 0.701. The standard InChI is InChI=1S/C13H9Br2F2NO2S/c14-9-3-1-2-8(4-9)7-18-21(19,20)13-11(15)5-10(16)6-12(13)17/h1-6,18H,7H2. The molecule has 0 fully saturated rings. The van der Waals surface area contributed by atoms with Crippen LogP contribution in [0.5, 0.6) is 0 Å². The van der Waals surface area contributed by atoms with Crippen molar-refractivity contribution in [3.63, 3.8) is 0 Å². The monoisotopic (exact) mass is 439 g/mol. The molecule has 0 aliphatic rings. The van der Waals surface area contributed by atoms with E-state index in [0.717, 1.165) is 10.5 Å². The predicted molar refractivity (Wildman–Crippen MR) is 82.2 cm³/mol. The van der Waals surface area contributed by atoms with E-state index < -0.39 is 26.6 Å². The minimum atomic E-state index is -4.10. The van der Waals surface area contributed by atoms with Crippen LogP contribution >= 0.6 is 31.9 Å². The van der Waals surface area contributed by atoms with Crippen molar-refractivity contribution in [2.45, 2.75) is 11.4 Å². The van der Waals surface area contributed by atoms with Gasteiger partial charge in [-0.25, -0.2) is 21.9 Å². The molecule has 0 aliphatic carbocycles. The smallest absolute Gasteiger partial charge is 0.207 e. The molecule has 2 aromatic carbocycles. The van der Waals surface area contributed by atoms with Crippen LogP contribution in [-0.2, 0) is 16.6 Å². The van der Waals surface area contributed by atoms with Gasteiger partial charge >= 0.3 is 0 Å². The summed E-state index contributed by atoms with van der Waals surface area (Å²) in [5.74, 6) is -2.01. The van der Waals surface area contributed by atoms with Gasteiger partial charge in [-0.1, -0.05) is 28.1 Å². The second kappa shape index (κ2) is 6.51.